The Morgan fingerprint density at radius 2 is 1.44 bits per heavy atom. The van der Waals surface area contributed by atoms with E-state index in [9.17, 15) is 15.0 Å². The Kier molecular flexibility index (Phi) is 20.4. The molecule has 0 bridgehead atoms. The smallest absolute Gasteiger partial charge is 0.305 e. The van der Waals surface area contributed by atoms with Crippen LogP contribution in [0, 0.1) is 4.77 Å². The largest absolute Gasteiger partial charge is 0.463 e. The molecule has 1 fully saturated rings. The van der Waals surface area contributed by atoms with Crippen molar-refractivity contribution >= 4 is 36.4 Å². The summed E-state index contributed by atoms with van der Waals surface area (Å²) in [6.45, 7) is 2.06. The van der Waals surface area contributed by atoms with Gasteiger partial charge in [-0.3, -0.25) is 9.36 Å². The van der Waals surface area contributed by atoms with E-state index < -0.39 is 36.9 Å². The van der Waals surface area contributed by atoms with Gasteiger partial charge in [-0.15, -0.1) is 12.4 Å². The summed E-state index contributed by atoms with van der Waals surface area (Å²) < 4.78 is 20.7. The minimum Gasteiger partial charge on any atom is -0.463 e. The lowest BCUT2D eigenvalue weighted by Gasteiger charge is -2.18. The predicted molar refractivity (Wildman–Crippen MR) is 170 cm³/mol. The first kappa shape index (κ1) is 35.9. The van der Waals surface area contributed by atoms with E-state index in [4.69, 9.17) is 28.8 Å². The highest BCUT2D eigenvalue weighted by Gasteiger charge is 2.44. The number of nitrogens with two attached hydrogens (primary N) is 1. The minimum atomic E-state index is -1.26. The van der Waals surface area contributed by atoms with Crippen molar-refractivity contribution in [3.05, 3.63) is 17.0 Å². The van der Waals surface area contributed by atoms with Crippen LogP contribution in [-0.4, -0.2) is 50.7 Å². The van der Waals surface area contributed by atoms with Crippen molar-refractivity contribution in [2.24, 2.45) is 0 Å². The summed E-state index contributed by atoms with van der Waals surface area (Å²) in [5.74, 6) is -0.263. The Morgan fingerprint density at radius 1 is 0.951 bits per heavy atom. The summed E-state index contributed by atoms with van der Waals surface area (Å²) in [6, 6.07) is 1.51. The van der Waals surface area contributed by atoms with Gasteiger partial charge in [0, 0.05) is 14.0 Å². The number of rotatable bonds is 23. The van der Waals surface area contributed by atoms with Crippen LogP contribution < -0.4 is 5.73 Å². The molecule has 1 aromatic rings. The number of hydrogen-bond donors (Lipinski definition) is 3. The number of aromatic nitrogens is 2. The molecular formula is C31H56ClN3O5S. The van der Waals surface area contributed by atoms with Gasteiger partial charge >= 0.3 is 5.97 Å². The highest BCUT2D eigenvalue weighted by molar-refractivity contribution is 7.71. The molecule has 8 nitrogen and oxygen atoms in total. The molecule has 0 radical (unpaired) electrons. The normalized spacial score (nSPS) is 21.3. The number of carbonyl (C=O) groups is 1. The lowest BCUT2D eigenvalue weighted by atomic mass is 10.0. The molecule has 2 heterocycles. The molecule has 1 saturated heterocycles. The number of ether oxygens (including phenoxy) is 2. The topological polar surface area (TPSA) is 120 Å². The molecule has 0 spiro atoms. The number of unbranched alkanes of at least 4 members (excludes halogenated alkanes) is 16. The highest BCUT2D eigenvalue weighted by atomic mass is 35.5. The number of carbonyl (C=O) groups excluding carboxylic acids is 1. The first-order valence-corrected chi connectivity index (χ1v) is 16.2. The van der Waals surface area contributed by atoms with E-state index in [0.29, 0.717) is 6.42 Å². The van der Waals surface area contributed by atoms with Gasteiger partial charge in [0.2, 0.25) is 4.77 Å². The number of nitrogen functional groups attached to an aromatic ring is 1. The lowest BCUT2D eigenvalue weighted by Crippen LogP contribution is -2.34. The van der Waals surface area contributed by atoms with Crippen molar-refractivity contribution in [3.8, 4) is 0 Å². The first-order valence-electron chi connectivity index (χ1n) is 16.3. The Morgan fingerprint density at radius 3 is 1.93 bits per heavy atom. The van der Waals surface area contributed by atoms with Crippen LogP contribution in [0.2, 0.25) is 0 Å². The van der Waals surface area contributed by atoms with Crippen molar-refractivity contribution in [1.29, 1.82) is 0 Å². The van der Waals surface area contributed by atoms with E-state index in [0.717, 1.165) is 12.8 Å². The molecule has 5 atom stereocenters. The summed E-state index contributed by atoms with van der Waals surface area (Å²) >= 11 is 5.16. The summed E-state index contributed by atoms with van der Waals surface area (Å²) in [5, 5.41) is 20.7. The third-order valence-corrected chi connectivity index (χ3v) is 8.00. The SMILES string of the molecule is Cl.[2H]C(CCCCCCCCCCCCCCCCCCC)CC(=O)OC[C@H]1OC(n2ccc(N)nc2=S)[C@@H](O)[C@@H]1O. The van der Waals surface area contributed by atoms with E-state index in [1.165, 1.54) is 113 Å². The minimum absolute atomic E-state index is 0. The van der Waals surface area contributed by atoms with Gasteiger partial charge in [-0.1, -0.05) is 122 Å². The number of nitrogens with zero attached hydrogens (tertiary/aromatic N) is 2. The zero-order valence-corrected chi connectivity index (χ0v) is 26.7. The maximum Gasteiger partial charge on any atom is 0.305 e. The van der Waals surface area contributed by atoms with Gasteiger partial charge in [-0.05, 0) is 24.7 Å². The average molecular weight is 619 g/mol. The van der Waals surface area contributed by atoms with Gasteiger partial charge in [-0.2, -0.15) is 0 Å². The lowest BCUT2D eigenvalue weighted by molar-refractivity contribution is -0.150. The quantitative estimate of drug-likeness (QED) is 0.0651. The van der Waals surface area contributed by atoms with Crippen molar-refractivity contribution in [2.45, 2.75) is 160 Å². The maximum atomic E-state index is 12.2. The van der Waals surface area contributed by atoms with Crippen LogP contribution in [0.4, 0.5) is 5.82 Å². The summed E-state index contributed by atoms with van der Waals surface area (Å²) in [5.41, 5.74) is 5.62. The van der Waals surface area contributed by atoms with Crippen LogP contribution >= 0.6 is 24.6 Å². The molecule has 2 rings (SSSR count). The summed E-state index contributed by atoms with van der Waals surface area (Å²) in [4.78, 5) is 16.2. The number of halogens is 1. The van der Waals surface area contributed by atoms with Crippen LogP contribution in [0.15, 0.2) is 12.3 Å². The molecule has 2 unspecified atom stereocenters. The monoisotopic (exact) mass is 618 g/mol. The van der Waals surface area contributed by atoms with Crippen molar-refractivity contribution in [3.63, 3.8) is 0 Å². The Bertz CT molecular complexity index is 912. The number of esters is 1. The second-order valence-corrected chi connectivity index (χ2v) is 11.6. The molecule has 1 aliphatic rings. The third kappa shape index (κ3) is 15.7. The van der Waals surface area contributed by atoms with E-state index >= 15 is 0 Å². The Labute approximate surface area is 260 Å². The number of hydrogen-bond acceptors (Lipinski definition) is 8. The molecule has 0 amide bonds. The summed E-state index contributed by atoms with van der Waals surface area (Å²) in [6.07, 6.45) is 19.7. The number of aliphatic hydroxyl groups excluding tert-OH is 2. The van der Waals surface area contributed by atoms with Crippen LogP contribution in [0.1, 0.15) is 143 Å². The molecule has 10 heteroatoms. The average Bonchev–Trinajstić information content (AvgIpc) is 3.22. The van der Waals surface area contributed by atoms with Gasteiger partial charge in [0.05, 0.1) is 0 Å². The first-order chi connectivity index (χ1) is 19.8. The fourth-order valence-electron chi connectivity index (χ4n) is 5.18. The van der Waals surface area contributed by atoms with Gasteiger partial charge in [0.1, 0.15) is 30.7 Å². The fraction of sp³-hybridized carbons (Fsp3) is 0.839. The molecule has 41 heavy (non-hydrogen) atoms. The van der Waals surface area contributed by atoms with Gasteiger partial charge < -0.3 is 25.4 Å². The predicted octanol–water partition coefficient (Wildman–Crippen LogP) is 7.60. The molecule has 1 aliphatic heterocycles. The van der Waals surface area contributed by atoms with Crippen LogP contribution in [0.5, 0.6) is 0 Å². The zero-order chi connectivity index (χ0) is 29.9. The Hall–Kier alpha value is -1.26. The maximum absolute atomic E-state index is 12.2. The molecule has 238 valence electrons. The third-order valence-electron chi connectivity index (χ3n) is 7.69. The van der Waals surface area contributed by atoms with Crippen LogP contribution in [0.25, 0.3) is 0 Å². The van der Waals surface area contributed by atoms with E-state index in [1.54, 1.807) is 0 Å². The standard InChI is InChI=1S/C31H55N3O5S.ClH/c1-2-3-4-5-6-7-8-9-10-11-12-13-14-15-16-17-18-19-20-21-27(35)38-24-25-28(36)29(37)30(39-25)34-23-22-26(32)33-31(34)40;/h22-23,25,28-30,36-37H,2-21,24H2,1H3,(H2,32,33,40);1H/t25-,28-,29+,30?;/m1./s1/i20D;/t20?,25-,28-,29+,30?;. The molecule has 1 aromatic heterocycles. The van der Waals surface area contributed by atoms with E-state index in [1.807, 2.05) is 0 Å². The molecule has 4 N–H and O–H groups in total. The van der Waals surface area contributed by atoms with Crippen LogP contribution in [-0.2, 0) is 14.3 Å². The highest BCUT2D eigenvalue weighted by Crippen LogP contribution is 2.30. The van der Waals surface area contributed by atoms with E-state index in [-0.39, 0.29) is 36.0 Å². The molecule has 0 saturated carbocycles. The molecule has 0 aliphatic carbocycles. The number of aliphatic hydroxyl groups is 2. The number of anilines is 1. The van der Waals surface area contributed by atoms with Crippen molar-refractivity contribution < 1.29 is 25.9 Å². The van der Waals surface area contributed by atoms with Gasteiger partial charge in [0.15, 0.2) is 6.23 Å². The van der Waals surface area contributed by atoms with Gasteiger partial charge in [-0.25, -0.2) is 4.98 Å². The zero-order valence-electron chi connectivity index (χ0n) is 26.1. The Balaban J connectivity index is 0.00000882. The van der Waals surface area contributed by atoms with Crippen molar-refractivity contribution in [2.75, 3.05) is 12.3 Å². The molecule has 0 aromatic carbocycles. The molecular weight excluding hydrogens is 562 g/mol. The second-order valence-electron chi connectivity index (χ2n) is 11.2. The summed E-state index contributed by atoms with van der Waals surface area (Å²) in [7, 11) is 0. The van der Waals surface area contributed by atoms with Crippen LogP contribution in [0.3, 0.4) is 0 Å². The van der Waals surface area contributed by atoms with Gasteiger partial charge in [0.25, 0.3) is 0 Å². The second kappa shape index (κ2) is 23.2. The van der Waals surface area contributed by atoms with E-state index in [2.05, 4.69) is 11.9 Å². The fourth-order valence-corrected chi connectivity index (χ4v) is 5.45. The van der Waals surface area contributed by atoms with Crippen molar-refractivity contribution in [1.82, 2.24) is 9.55 Å².